The Hall–Kier alpha value is -1.60. The summed E-state index contributed by atoms with van der Waals surface area (Å²) < 4.78 is 28.3. The largest absolute Gasteiger partial charge is 0.331 e. The van der Waals surface area contributed by atoms with E-state index in [1.165, 1.54) is 0 Å². The molecule has 3 fully saturated rings. The Morgan fingerprint density at radius 1 is 1.12 bits per heavy atom. The van der Waals surface area contributed by atoms with E-state index in [1.807, 2.05) is 26.0 Å². The van der Waals surface area contributed by atoms with Crippen LogP contribution < -0.4 is 0 Å². The molecule has 0 aromatic heterocycles. The maximum absolute atomic E-state index is 13.3. The number of urea groups is 1. The number of aryl methyl sites for hydroxylation is 2. The van der Waals surface area contributed by atoms with Gasteiger partial charge in [0.2, 0.25) is 10.0 Å². The quantitative estimate of drug-likeness (QED) is 0.806. The van der Waals surface area contributed by atoms with Crippen LogP contribution in [0.3, 0.4) is 0 Å². The summed E-state index contributed by atoms with van der Waals surface area (Å²) in [6.45, 7) is 5.34. The van der Waals surface area contributed by atoms with Gasteiger partial charge in [0, 0.05) is 39.8 Å². The number of sulfonamides is 1. The van der Waals surface area contributed by atoms with Crippen molar-refractivity contribution < 1.29 is 13.2 Å². The normalized spacial score (nSPS) is 24.2. The zero-order chi connectivity index (χ0) is 18.4. The van der Waals surface area contributed by atoms with E-state index in [0.29, 0.717) is 24.5 Å². The summed E-state index contributed by atoms with van der Waals surface area (Å²) in [4.78, 5) is 16.1. The lowest BCUT2D eigenvalue weighted by molar-refractivity contribution is 0.167. The molecule has 138 valence electrons. The fraction of sp³-hybridized carbons (Fsp3) is 0.611. The van der Waals surface area contributed by atoms with E-state index < -0.39 is 10.0 Å². The van der Waals surface area contributed by atoms with E-state index in [-0.39, 0.29) is 18.0 Å². The summed E-state index contributed by atoms with van der Waals surface area (Å²) in [7, 11) is -0.0853. The first-order valence-corrected chi connectivity index (χ1v) is 10.2. The molecular formula is C18H27N3O3S. The molecule has 2 atom stereocenters. The number of hydrogen-bond donors (Lipinski definition) is 0. The van der Waals surface area contributed by atoms with Crippen LogP contribution in [0.5, 0.6) is 0 Å². The molecule has 25 heavy (non-hydrogen) atoms. The minimum atomic E-state index is -3.56. The van der Waals surface area contributed by atoms with Gasteiger partial charge in [0.25, 0.3) is 0 Å². The Labute approximate surface area is 150 Å². The van der Waals surface area contributed by atoms with Crippen molar-refractivity contribution in [2.45, 2.75) is 37.6 Å². The predicted molar refractivity (Wildman–Crippen MR) is 97.0 cm³/mol. The maximum atomic E-state index is 13.3. The molecular weight excluding hydrogens is 338 g/mol. The third-order valence-corrected chi connectivity index (χ3v) is 7.31. The van der Waals surface area contributed by atoms with Crippen LogP contribution in [-0.4, -0.2) is 68.3 Å². The van der Waals surface area contributed by atoms with Crippen LogP contribution in [0.15, 0.2) is 23.1 Å². The fourth-order valence-corrected chi connectivity index (χ4v) is 5.92. The number of rotatable bonds is 2. The first-order valence-electron chi connectivity index (χ1n) is 8.75. The van der Waals surface area contributed by atoms with Gasteiger partial charge in [-0.1, -0.05) is 12.1 Å². The Kier molecular flexibility index (Phi) is 4.81. The second kappa shape index (κ2) is 6.61. The molecule has 0 saturated carbocycles. The van der Waals surface area contributed by atoms with Gasteiger partial charge < -0.3 is 9.80 Å². The molecule has 3 aliphatic heterocycles. The van der Waals surface area contributed by atoms with Gasteiger partial charge in [-0.25, -0.2) is 13.2 Å². The number of fused-ring (bicyclic) bond motifs is 4. The van der Waals surface area contributed by atoms with Crippen molar-refractivity contribution in [2.24, 2.45) is 5.92 Å². The van der Waals surface area contributed by atoms with Crippen LogP contribution in [0.1, 0.15) is 24.0 Å². The molecule has 1 aromatic carbocycles. The van der Waals surface area contributed by atoms with Crippen LogP contribution in [0, 0.1) is 19.8 Å². The molecule has 6 nitrogen and oxygen atoms in total. The third-order valence-electron chi connectivity index (χ3n) is 5.25. The van der Waals surface area contributed by atoms with Gasteiger partial charge >= 0.3 is 6.03 Å². The SMILES string of the molecule is Cc1ccc(C)c(S(=O)(=O)N2C[C@H]3CC[C@@H]2CN(C(=O)N(C)C)C3)c1. The Morgan fingerprint density at radius 3 is 2.52 bits per heavy atom. The number of carbonyl (C=O) groups is 1. The smallest absolute Gasteiger partial charge is 0.319 e. The number of piperidine rings is 1. The molecule has 3 heterocycles. The van der Waals surface area contributed by atoms with Gasteiger partial charge in [-0.15, -0.1) is 0 Å². The lowest BCUT2D eigenvalue weighted by Crippen LogP contribution is -2.48. The summed E-state index contributed by atoms with van der Waals surface area (Å²) in [6, 6.07) is 5.36. The van der Waals surface area contributed by atoms with Crippen molar-refractivity contribution in [3.05, 3.63) is 29.3 Å². The number of nitrogens with zero attached hydrogens (tertiary/aromatic N) is 3. The van der Waals surface area contributed by atoms with Gasteiger partial charge in [0.15, 0.2) is 0 Å². The van der Waals surface area contributed by atoms with Crippen molar-refractivity contribution >= 4 is 16.1 Å². The molecule has 0 unspecified atom stereocenters. The second-order valence-electron chi connectivity index (χ2n) is 7.52. The highest BCUT2D eigenvalue weighted by Gasteiger charge is 2.42. The molecule has 2 amide bonds. The monoisotopic (exact) mass is 365 g/mol. The van der Waals surface area contributed by atoms with Crippen LogP contribution in [0.4, 0.5) is 4.79 Å². The Bertz CT molecular complexity index is 776. The molecule has 0 spiro atoms. The lowest BCUT2D eigenvalue weighted by atomic mass is 9.97. The molecule has 0 radical (unpaired) electrons. The standard InChI is InChI=1S/C18H27N3O3S/c1-13-5-6-14(2)17(9-13)25(23,24)21-11-15-7-8-16(21)12-20(10-15)18(22)19(3)4/h5-6,9,15-16H,7-8,10-12H2,1-4H3/t15-,16+/m0/s1. The van der Waals surface area contributed by atoms with Crippen LogP contribution in [0.2, 0.25) is 0 Å². The second-order valence-corrected chi connectivity index (χ2v) is 9.38. The van der Waals surface area contributed by atoms with Crippen molar-refractivity contribution in [3.63, 3.8) is 0 Å². The summed E-state index contributed by atoms with van der Waals surface area (Å²) in [6.07, 6.45) is 1.78. The maximum Gasteiger partial charge on any atom is 0.319 e. The number of benzene rings is 1. The van der Waals surface area contributed by atoms with E-state index in [2.05, 4.69) is 0 Å². The average Bonchev–Trinajstić information content (AvgIpc) is 2.88. The van der Waals surface area contributed by atoms with Gasteiger partial charge in [0.05, 0.1) is 4.90 Å². The van der Waals surface area contributed by atoms with Crippen molar-refractivity contribution in [1.29, 1.82) is 0 Å². The topological polar surface area (TPSA) is 60.9 Å². The van der Waals surface area contributed by atoms with E-state index in [0.717, 1.165) is 24.0 Å². The molecule has 3 aliphatic rings. The van der Waals surface area contributed by atoms with Gasteiger partial charge in [0.1, 0.15) is 0 Å². The highest BCUT2D eigenvalue weighted by molar-refractivity contribution is 7.89. The molecule has 0 aliphatic carbocycles. The van der Waals surface area contributed by atoms with Crippen LogP contribution >= 0.6 is 0 Å². The summed E-state index contributed by atoms with van der Waals surface area (Å²) in [5, 5.41) is 0. The molecule has 7 heteroatoms. The van der Waals surface area contributed by atoms with E-state index in [1.54, 1.807) is 34.3 Å². The predicted octanol–water partition coefficient (Wildman–Crippen LogP) is 2.07. The Balaban J connectivity index is 1.93. The summed E-state index contributed by atoms with van der Waals surface area (Å²) >= 11 is 0. The van der Waals surface area contributed by atoms with Crippen molar-refractivity contribution in [1.82, 2.24) is 14.1 Å². The van der Waals surface area contributed by atoms with Gasteiger partial charge in [-0.3, -0.25) is 0 Å². The fourth-order valence-electron chi connectivity index (χ4n) is 3.88. The first-order chi connectivity index (χ1) is 11.7. The van der Waals surface area contributed by atoms with Crippen LogP contribution in [0.25, 0.3) is 0 Å². The molecule has 2 bridgehead atoms. The van der Waals surface area contributed by atoms with E-state index in [9.17, 15) is 13.2 Å². The lowest BCUT2D eigenvalue weighted by Gasteiger charge is -2.35. The van der Waals surface area contributed by atoms with Gasteiger partial charge in [-0.05, 0) is 49.8 Å². The minimum absolute atomic E-state index is 0.0390. The van der Waals surface area contributed by atoms with Crippen LogP contribution in [-0.2, 0) is 10.0 Å². The molecule has 0 N–H and O–H groups in total. The highest BCUT2D eigenvalue weighted by atomic mass is 32.2. The number of hydrogen-bond acceptors (Lipinski definition) is 3. The average molecular weight is 365 g/mol. The number of amides is 2. The highest BCUT2D eigenvalue weighted by Crippen LogP contribution is 2.33. The van der Waals surface area contributed by atoms with E-state index in [4.69, 9.17) is 0 Å². The first kappa shape index (κ1) is 18.2. The molecule has 3 saturated heterocycles. The molecule has 4 rings (SSSR count). The zero-order valence-electron chi connectivity index (χ0n) is 15.4. The van der Waals surface area contributed by atoms with Crippen molar-refractivity contribution in [2.75, 3.05) is 33.7 Å². The summed E-state index contributed by atoms with van der Waals surface area (Å²) in [5.41, 5.74) is 1.71. The minimum Gasteiger partial charge on any atom is -0.331 e. The van der Waals surface area contributed by atoms with Crippen molar-refractivity contribution in [3.8, 4) is 0 Å². The third kappa shape index (κ3) is 3.40. The Morgan fingerprint density at radius 2 is 1.84 bits per heavy atom. The van der Waals surface area contributed by atoms with Gasteiger partial charge in [-0.2, -0.15) is 4.31 Å². The zero-order valence-corrected chi connectivity index (χ0v) is 16.2. The number of carbonyl (C=O) groups excluding carboxylic acids is 1. The molecule has 1 aromatic rings. The van der Waals surface area contributed by atoms with E-state index >= 15 is 0 Å². The summed E-state index contributed by atoms with van der Waals surface area (Å²) in [5.74, 6) is 0.197.